The molecule has 2 heterocycles. The first-order valence-corrected chi connectivity index (χ1v) is 11.0. The average molecular weight is 465 g/mol. The summed E-state index contributed by atoms with van der Waals surface area (Å²) in [6, 6.07) is 18.3. The van der Waals surface area contributed by atoms with Gasteiger partial charge >= 0.3 is 0 Å². The molecule has 0 unspecified atom stereocenters. The summed E-state index contributed by atoms with van der Waals surface area (Å²) in [7, 11) is 0. The number of rotatable bonds is 4. The first kappa shape index (κ1) is 20.5. The standard InChI is InChI=1S/C24H25BrN4O/c1-17-3-6-20(15-18(17)2)22-9-10-23(27-26-22)28-11-13-29(14-12-28)24(30)16-19-4-7-21(25)8-5-19/h3-10,15H,11-14,16H2,1-2H3. The van der Waals surface area contributed by atoms with Crippen molar-refractivity contribution in [1.82, 2.24) is 15.1 Å². The van der Waals surface area contributed by atoms with Crippen molar-refractivity contribution < 1.29 is 4.79 Å². The van der Waals surface area contributed by atoms with Crippen LogP contribution >= 0.6 is 15.9 Å². The maximum absolute atomic E-state index is 12.6. The van der Waals surface area contributed by atoms with Crippen molar-refractivity contribution in [3.63, 3.8) is 0 Å². The van der Waals surface area contributed by atoms with Crippen molar-refractivity contribution >= 4 is 27.7 Å². The van der Waals surface area contributed by atoms with Gasteiger partial charge in [0.15, 0.2) is 5.82 Å². The Balaban J connectivity index is 1.35. The largest absolute Gasteiger partial charge is 0.352 e. The van der Waals surface area contributed by atoms with Crippen LogP contribution < -0.4 is 4.90 Å². The molecule has 5 nitrogen and oxygen atoms in total. The Kier molecular flexibility index (Phi) is 6.13. The molecular weight excluding hydrogens is 440 g/mol. The number of anilines is 1. The van der Waals surface area contributed by atoms with E-state index in [0.717, 1.165) is 40.2 Å². The molecule has 0 spiro atoms. The number of aromatic nitrogens is 2. The highest BCUT2D eigenvalue weighted by Crippen LogP contribution is 2.22. The van der Waals surface area contributed by atoms with Gasteiger partial charge in [0.2, 0.25) is 5.91 Å². The third-order valence-corrected chi connectivity index (χ3v) is 6.21. The Morgan fingerprint density at radius 2 is 1.63 bits per heavy atom. The smallest absolute Gasteiger partial charge is 0.227 e. The van der Waals surface area contributed by atoms with Gasteiger partial charge < -0.3 is 9.80 Å². The molecule has 0 saturated carbocycles. The number of carbonyl (C=O) groups is 1. The van der Waals surface area contributed by atoms with Crippen LogP contribution in [0.3, 0.4) is 0 Å². The highest BCUT2D eigenvalue weighted by Gasteiger charge is 2.22. The number of halogens is 1. The third-order valence-electron chi connectivity index (χ3n) is 5.68. The minimum Gasteiger partial charge on any atom is -0.352 e. The Hall–Kier alpha value is -2.73. The van der Waals surface area contributed by atoms with Crippen molar-refractivity contribution in [2.75, 3.05) is 31.1 Å². The molecule has 0 aliphatic carbocycles. The lowest BCUT2D eigenvalue weighted by molar-refractivity contribution is -0.130. The fourth-order valence-corrected chi connectivity index (χ4v) is 3.89. The molecule has 3 aromatic rings. The maximum atomic E-state index is 12.6. The van der Waals surface area contributed by atoms with Gasteiger partial charge in [0.05, 0.1) is 12.1 Å². The molecular formula is C24H25BrN4O. The van der Waals surface area contributed by atoms with Crippen LogP contribution in [0.1, 0.15) is 16.7 Å². The van der Waals surface area contributed by atoms with Crippen LogP contribution in [0.5, 0.6) is 0 Å². The van der Waals surface area contributed by atoms with Gasteiger partial charge in [-0.1, -0.05) is 40.2 Å². The highest BCUT2D eigenvalue weighted by molar-refractivity contribution is 9.10. The summed E-state index contributed by atoms with van der Waals surface area (Å²) in [6.07, 6.45) is 0.442. The number of amides is 1. The molecule has 0 radical (unpaired) electrons. The lowest BCUT2D eigenvalue weighted by Gasteiger charge is -2.35. The van der Waals surface area contributed by atoms with Crippen molar-refractivity contribution in [2.24, 2.45) is 0 Å². The molecule has 0 bridgehead atoms. The number of hydrogen-bond acceptors (Lipinski definition) is 4. The van der Waals surface area contributed by atoms with Gasteiger partial charge in [-0.05, 0) is 60.9 Å². The average Bonchev–Trinajstić information content (AvgIpc) is 2.77. The van der Waals surface area contributed by atoms with Gasteiger partial charge in [-0.3, -0.25) is 4.79 Å². The lowest BCUT2D eigenvalue weighted by Crippen LogP contribution is -2.49. The summed E-state index contributed by atoms with van der Waals surface area (Å²) in [6.45, 7) is 7.16. The highest BCUT2D eigenvalue weighted by atomic mass is 79.9. The molecule has 1 amide bonds. The quantitative estimate of drug-likeness (QED) is 0.573. The fraction of sp³-hybridized carbons (Fsp3) is 0.292. The van der Waals surface area contributed by atoms with Gasteiger partial charge in [0, 0.05) is 36.2 Å². The first-order chi connectivity index (χ1) is 14.5. The van der Waals surface area contributed by atoms with Crippen LogP contribution in [-0.2, 0) is 11.2 Å². The molecule has 154 valence electrons. The number of hydrogen-bond donors (Lipinski definition) is 0. The van der Waals surface area contributed by atoms with E-state index in [1.807, 2.05) is 41.3 Å². The van der Waals surface area contributed by atoms with Crippen molar-refractivity contribution in [3.05, 3.63) is 75.8 Å². The van der Waals surface area contributed by atoms with Crippen LogP contribution in [-0.4, -0.2) is 47.2 Å². The SMILES string of the molecule is Cc1ccc(-c2ccc(N3CCN(C(=O)Cc4ccc(Br)cc4)CC3)nn2)cc1C. The van der Waals surface area contributed by atoms with Gasteiger partial charge in [-0.15, -0.1) is 10.2 Å². The molecule has 2 aromatic carbocycles. The second-order valence-electron chi connectivity index (χ2n) is 7.75. The minimum atomic E-state index is 0.174. The van der Waals surface area contributed by atoms with E-state index in [1.54, 1.807) is 0 Å². The van der Waals surface area contributed by atoms with E-state index in [2.05, 4.69) is 63.1 Å². The van der Waals surface area contributed by atoms with Crippen LogP contribution in [0.2, 0.25) is 0 Å². The van der Waals surface area contributed by atoms with E-state index in [0.29, 0.717) is 19.5 Å². The van der Waals surface area contributed by atoms with Crippen LogP contribution in [0.25, 0.3) is 11.3 Å². The Labute approximate surface area is 185 Å². The van der Waals surface area contributed by atoms with E-state index in [9.17, 15) is 4.79 Å². The van der Waals surface area contributed by atoms with Gasteiger partial charge in [-0.25, -0.2) is 0 Å². The van der Waals surface area contributed by atoms with E-state index in [-0.39, 0.29) is 5.91 Å². The number of aryl methyl sites for hydroxylation is 2. The molecule has 1 fully saturated rings. The van der Waals surface area contributed by atoms with Gasteiger partial charge in [-0.2, -0.15) is 0 Å². The molecule has 4 rings (SSSR count). The number of piperazine rings is 1. The van der Waals surface area contributed by atoms with E-state index in [1.165, 1.54) is 11.1 Å². The zero-order valence-corrected chi connectivity index (χ0v) is 18.9. The van der Waals surface area contributed by atoms with Crippen LogP contribution in [0.15, 0.2) is 59.1 Å². The minimum absolute atomic E-state index is 0.174. The zero-order chi connectivity index (χ0) is 21.1. The molecule has 1 aliphatic rings. The molecule has 6 heteroatoms. The van der Waals surface area contributed by atoms with E-state index < -0.39 is 0 Å². The van der Waals surface area contributed by atoms with Crippen molar-refractivity contribution in [1.29, 1.82) is 0 Å². The predicted octanol–water partition coefficient (Wildman–Crippen LogP) is 4.41. The summed E-state index contributed by atoms with van der Waals surface area (Å²) in [5.74, 6) is 1.04. The molecule has 1 aliphatic heterocycles. The third kappa shape index (κ3) is 4.70. The van der Waals surface area contributed by atoms with Crippen molar-refractivity contribution in [3.8, 4) is 11.3 Å². The summed E-state index contributed by atoms with van der Waals surface area (Å²) in [4.78, 5) is 16.8. The molecule has 1 saturated heterocycles. The van der Waals surface area contributed by atoms with E-state index >= 15 is 0 Å². The summed E-state index contributed by atoms with van der Waals surface area (Å²) in [5.41, 5.74) is 5.53. The zero-order valence-electron chi connectivity index (χ0n) is 17.3. The first-order valence-electron chi connectivity index (χ1n) is 10.2. The second kappa shape index (κ2) is 8.96. The summed E-state index contributed by atoms with van der Waals surface area (Å²) < 4.78 is 1.02. The van der Waals surface area contributed by atoms with Gasteiger partial charge in [0.1, 0.15) is 0 Å². The monoisotopic (exact) mass is 464 g/mol. The second-order valence-corrected chi connectivity index (χ2v) is 8.66. The molecule has 1 aromatic heterocycles. The topological polar surface area (TPSA) is 49.3 Å². The predicted molar refractivity (Wildman–Crippen MR) is 124 cm³/mol. The summed E-state index contributed by atoms with van der Waals surface area (Å²) >= 11 is 3.43. The molecule has 30 heavy (non-hydrogen) atoms. The van der Waals surface area contributed by atoms with Crippen molar-refractivity contribution in [2.45, 2.75) is 20.3 Å². The summed E-state index contributed by atoms with van der Waals surface area (Å²) in [5, 5.41) is 8.88. The number of carbonyl (C=O) groups excluding carboxylic acids is 1. The number of benzene rings is 2. The molecule has 0 N–H and O–H groups in total. The Morgan fingerprint density at radius 3 is 2.27 bits per heavy atom. The van der Waals surface area contributed by atoms with Crippen LogP contribution in [0, 0.1) is 13.8 Å². The fourth-order valence-electron chi connectivity index (χ4n) is 3.62. The number of nitrogens with zero attached hydrogens (tertiary/aromatic N) is 4. The normalized spacial score (nSPS) is 14.1. The van der Waals surface area contributed by atoms with E-state index in [4.69, 9.17) is 0 Å². The maximum Gasteiger partial charge on any atom is 0.227 e. The Bertz CT molecular complexity index is 1030. The van der Waals surface area contributed by atoms with Gasteiger partial charge in [0.25, 0.3) is 0 Å². The Morgan fingerprint density at radius 1 is 0.900 bits per heavy atom. The van der Waals surface area contributed by atoms with Crippen LogP contribution in [0.4, 0.5) is 5.82 Å². The lowest BCUT2D eigenvalue weighted by atomic mass is 10.0. The molecule has 0 atom stereocenters.